The molecule has 1 amide bonds. The number of aliphatic hydroxyl groups excluding tert-OH is 2. The number of carbonyl (C=O) groups excluding carboxylic acids is 1. The Morgan fingerprint density at radius 2 is 1.67 bits per heavy atom. The summed E-state index contributed by atoms with van der Waals surface area (Å²) in [6.07, 6.45) is 10.6. The van der Waals surface area contributed by atoms with E-state index in [0.717, 1.165) is 31.5 Å². The van der Waals surface area contributed by atoms with E-state index in [-0.39, 0.29) is 6.10 Å². The molecule has 2 atom stereocenters. The van der Waals surface area contributed by atoms with Gasteiger partial charge in [0.05, 0.1) is 20.3 Å². The van der Waals surface area contributed by atoms with E-state index >= 15 is 0 Å². The first-order valence-electron chi connectivity index (χ1n) is 14.4. The molecule has 3 aliphatic rings. The van der Waals surface area contributed by atoms with Crippen LogP contribution in [0.4, 0.5) is 0 Å². The standard InChI is InChI=1S/C14H23NO.C9H11NO3.C8H17NO/c1-11-12(2)14(16)7-6-13(11)10-15-8-4-3-5-9-15;1-12-7-3-6(9(10)11)4-8(5-7)13-2;1-2-3-5-9-6-4-8(10)7-9/h7,13,16H,3-6,8-10H2,1-2H3;3-5H,1-2H3,(H2,10,11);8,10H,2-7H2,1H3. The number of allylic oxidation sites excluding steroid dienone is 2. The molecule has 39 heavy (non-hydrogen) atoms. The maximum Gasteiger partial charge on any atom is 0.248 e. The lowest BCUT2D eigenvalue weighted by Gasteiger charge is -2.32. The molecule has 2 aliphatic heterocycles. The van der Waals surface area contributed by atoms with Crippen molar-refractivity contribution >= 4 is 5.91 Å². The Hall–Kier alpha value is -2.55. The monoisotopic (exact) mass is 545 g/mol. The highest BCUT2D eigenvalue weighted by atomic mass is 16.5. The molecular formula is C31H51N3O5. The van der Waals surface area contributed by atoms with Gasteiger partial charge in [-0.1, -0.05) is 25.3 Å². The molecule has 4 N–H and O–H groups in total. The van der Waals surface area contributed by atoms with Gasteiger partial charge in [0.25, 0.3) is 0 Å². The number of nitrogens with two attached hydrogens (primary N) is 1. The van der Waals surface area contributed by atoms with Gasteiger partial charge in [0.15, 0.2) is 0 Å². The van der Waals surface area contributed by atoms with Crippen molar-refractivity contribution in [2.24, 2.45) is 11.7 Å². The molecule has 2 unspecified atom stereocenters. The van der Waals surface area contributed by atoms with Crippen molar-refractivity contribution in [1.82, 2.24) is 9.80 Å². The molecule has 0 bridgehead atoms. The van der Waals surface area contributed by atoms with Crippen LogP contribution < -0.4 is 15.2 Å². The van der Waals surface area contributed by atoms with Crippen LogP contribution in [0.2, 0.25) is 0 Å². The van der Waals surface area contributed by atoms with Gasteiger partial charge in [-0.25, -0.2) is 0 Å². The van der Waals surface area contributed by atoms with Gasteiger partial charge in [-0.2, -0.15) is 0 Å². The topological polar surface area (TPSA) is 108 Å². The maximum atomic E-state index is 10.8. The molecule has 0 radical (unpaired) electrons. The number of β-amino-alcohol motifs (C(OH)–C–C–N with tert-alkyl or cyclic N) is 1. The fourth-order valence-corrected chi connectivity index (χ4v) is 5.10. The average molecular weight is 546 g/mol. The Bertz CT molecular complexity index is 933. The first kappa shape index (κ1) is 32.7. The van der Waals surface area contributed by atoms with Crippen molar-refractivity contribution in [3.05, 3.63) is 46.7 Å². The van der Waals surface area contributed by atoms with Crippen molar-refractivity contribution in [1.29, 1.82) is 0 Å². The highest BCUT2D eigenvalue weighted by Gasteiger charge is 2.22. The summed E-state index contributed by atoms with van der Waals surface area (Å²) in [6, 6.07) is 4.79. The van der Waals surface area contributed by atoms with E-state index in [2.05, 4.69) is 23.6 Å². The summed E-state index contributed by atoms with van der Waals surface area (Å²) in [5, 5.41) is 18.8. The lowest BCUT2D eigenvalue weighted by atomic mass is 9.87. The molecule has 8 heteroatoms. The number of rotatable bonds is 8. The number of unbranched alkanes of at least 4 members (excludes halogenated alkanes) is 1. The maximum absolute atomic E-state index is 10.8. The Balaban J connectivity index is 0.000000211. The Morgan fingerprint density at radius 3 is 2.18 bits per heavy atom. The molecule has 2 heterocycles. The van der Waals surface area contributed by atoms with E-state index < -0.39 is 5.91 Å². The van der Waals surface area contributed by atoms with Crippen LogP contribution in [-0.2, 0) is 0 Å². The SMILES string of the molecule is CC1=C(C)C(CN2CCCCC2)CC=C1O.CCCCN1CCC(O)C1.COc1cc(OC)cc(C(N)=O)c1. The zero-order valence-electron chi connectivity index (χ0n) is 24.7. The molecule has 2 fully saturated rings. The van der Waals surface area contributed by atoms with Crippen molar-refractivity contribution < 1.29 is 24.5 Å². The van der Waals surface area contributed by atoms with Crippen LogP contribution >= 0.6 is 0 Å². The molecular weight excluding hydrogens is 494 g/mol. The summed E-state index contributed by atoms with van der Waals surface area (Å²) < 4.78 is 9.92. The van der Waals surface area contributed by atoms with Gasteiger partial charge >= 0.3 is 0 Å². The number of amides is 1. The summed E-state index contributed by atoms with van der Waals surface area (Å²) in [6.45, 7) is 13.3. The molecule has 1 aliphatic carbocycles. The zero-order valence-corrected chi connectivity index (χ0v) is 24.7. The number of ether oxygens (including phenoxy) is 2. The van der Waals surface area contributed by atoms with Crippen molar-refractivity contribution in [3.8, 4) is 11.5 Å². The molecule has 2 saturated heterocycles. The lowest BCUT2D eigenvalue weighted by molar-refractivity contribution is 0.0999. The molecule has 8 nitrogen and oxygen atoms in total. The first-order chi connectivity index (χ1) is 18.7. The number of methoxy groups -OCH3 is 2. The van der Waals surface area contributed by atoms with Gasteiger partial charge < -0.3 is 35.2 Å². The Morgan fingerprint density at radius 1 is 1.03 bits per heavy atom. The number of benzene rings is 1. The molecule has 0 saturated carbocycles. The number of piperidine rings is 1. The summed E-state index contributed by atoms with van der Waals surface area (Å²) in [5.41, 5.74) is 7.95. The van der Waals surface area contributed by atoms with Crippen molar-refractivity contribution in [2.75, 3.05) is 53.5 Å². The number of nitrogens with zero attached hydrogens (tertiary/aromatic N) is 2. The van der Waals surface area contributed by atoms with Crippen LogP contribution in [0.5, 0.6) is 11.5 Å². The van der Waals surface area contributed by atoms with Crippen LogP contribution in [0.25, 0.3) is 0 Å². The van der Waals surface area contributed by atoms with Crippen molar-refractivity contribution in [3.63, 3.8) is 0 Å². The second-order valence-electron chi connectivity index (χ2n) is 10.8. The fourth-order valence-electron chi connectivity index (χ4n) is 5.10. The predicted octanol–water partition coefficient (Wildman–Crippen LogP) is 4.93. The highest BCUT2D eigenvalue weighted by molar-refractivity contribution is 5.93. The van der Waals surface area contributed by atoms with Crippen molar-refractivity contribution in [2.45, 2.75) is 71.8 Å². The summed E-state index contributed by atoms with van der Waals surface area (Å²) in [4.78, 5) is 15.8. The van der Waals surface area contributed by atoms with E-state index in [1.54, 1.807) is 18.2 Å². The summed E-state index contributed by atoms with van der Waals surface area (Å²) >= 11 is 0. The Labute approximate surface area is 235 Å². The molecule has 0 aromatic heterocycles. The minimum absolute atomic E-state index is 0.0446. The first-order valence-corrected chi connectivity index (χ1v) is 14.4. The largest absolute Gasteiger partial charge is 0.508 e. The second-order valence-corrected chi connectivity index (χ2v) is 10.8. The minimum Gasteiger partial charge on any atom is -0.508 e. The quantitative estimate of drug-likeness (QED) is 0.425. The van der Waals surface area contributed by atoms with Gasteiger partial charge in [-0.15, -0.1) is 0 Å². The van der Waals surface area contributed by atoms with Crippen LogP contribution in [-0.4, -0.2) is 85.5 Å². The zero-order chi connectivity index (χ0) is 28.8. The van der Waals surface area contributed by atoms with E-state index in [0.29, 0.717) is 28.7 Å². The van der Waals surface area contributed by atoms with Crippen LogP contribution in [0.1, 0.15) is 76.1 Å². The second kappa shape index (κ2) is 17.2. The highest BCUT2D eigenvalue weighted by Crippen LogP contribution is 2.29. The van der Waals surface area contributed by atoms with E-state index in [9.17, 15) is 9.90 Å². The summed E-state index contributed by atoms with van der Waals surface area (Å²) in [7, 11) is 3.03. The molecule has 220 valence electrons. The van der Waals surface area contributed by atoms with Crippen LogP contribution in [0.3, 0.4) is 0 Å². The lowest BCUT2D eigenvalue weighted by Crippen LogP contribution is -2.35. The smallest absolute Gasteiger partial charge is 0.248 e. The third-order valence-electron chi connectivity index (χ3n) is 7.82. The van der Waals surface area contributed by atoms with Gasteiger partial charge in [0.2, 0.25) is 5.91 Å². The van der Waals surface area contributed by atoms with Crippen LogP contribution in [0.15, 0.2) is 41.2 Å². The molecule has 0 spiro atoms. The summed E-state index contributed by atoms with van der Waals surface area (Å²) in [5.74, 6) is 1.71. The van der Waals surface area contributed by atoms with E-state index in [1.165, 1.54) is 78.1 Å². The number of hydrogen-bond donors (Lipinski definition) is 3. The minimum atomic E-state index is -0.503. The molecule has 4 rings (SSSR count). The average Bonchev–Trinajstić information content (AvgIpc) is 3.38. The normalized spacial score (nSPS) is 21.7. The van der Waals surface area contributed by atoms with Gasteiger partial charge in [-0.3, -0.25) is 4.79 Å². The fraction of sp³-hybridized carbons (Fsp3) is 0.645. The third kappa shape index (κ3) is 11.2. The van der Waals surface area contributed by atoms with Gasteiger partial charge in [-0.05, 0) is 95.3 Å². The predicted molar refractivity (Wildman–Crippen MR) is 158 cm³/mol. The number of carbonyl (C=O) groups is 1. The molecule has 1 aromatic carbocycles. The number of hydrogen-bond acceptors (Lipinski definition) is 7. The number of aliphatic hydroxyl groups is 2. The third-order valence-corrected chi connectivity index (χ3v) is 7.82. The van der Waals surface area contributed by atoms with E-state index in [1.807, 2.05) is 13.0 Å². The van der Waals surface area contributed by atoms with Gasteiger partial charge in [0, 0.05) is 31.3 Å². The van der Waals surface area contributed by atoms with Gasteiger partial charge in [0.1, 0.15) is 17.3 Å². The molecule has 1 aromatic rings. The van der Waals surface area contributed by atoms with Crippen LogP contribution in [0, 0.1) is 5.92 Å². The Kier molecular flexibility index (Phi) is 14.4. The van der Waals surface area contributed by atoms with E-state index in [4.69, 9.17) is 20.3 Å². The number of primary amides is 1. The number of likely N-dealkylation sites (tertiary alicyclic amines) is 2.